The second kappa shape index (κ2) is 6.57. The second-order valence-corrected chi connectivity index (χ2v) is 5.28. The van der Waals surface area contributed by atoms with Crippen molar-refractivity contribution < 1.29 is 9.53 Å². The quantitative estimate of drug-likeness (QED) is 0.906. The average molecular weight is 262 g/mol. The molecular weight excluding hydrogens is 240 g/mol. The monoisotopic (exact) mass is 262 g/mol. The van der Waals surface area contributed by atoms with Crippen LogP contribution in [-0.4, -0.2) is 33.2 Å². The van der Waals surface area contributed by atoms with Crippen LogP contribution in [0.1, 0.15) is 19.3 Å². The molecule has 1 aromatic carbocycles. The Morgan fingerprint density at radius 2 is 2.11 bits per heavy atom. The Balaban J connectivity index is 1.84. The van der Waals surface area contributed by atoms with Gasteiger partial charge in [0, 0.05) is 45.1 Å². The van der Waals surface area contributed by atoms with Gasteiger partial charge in [0.2, 0.25) is 5.91 Å². The second-order valence-electron chi connectivity index (χ2n) is 5.28. The lowest BCUT2D eigenvalue weighted by Gasteiger charge is -2.21. The lowest BCUT2D eigenvalue weighted by atomic mass is 9.98. The van der Waals surface area contributed by atoms with Crippen molar-refractivity contribution in [2.75, 3.05) is 37.5 Å². The van der Waals surface area contributed by atoms with E-state index in [1.54, 1.807) is 0 Å². The van der Waals surface area contributed by atoms with Crippen molar-refractivity contribution >= 4 is 17.3 Å². The topological polar surface area (TPSA) is 41.6 Å². The van der Waals surface area contributed by atoms with Crippen LogP contribution in [0.5, 0.6) is 0 Å². The minimum absolute atomic E-state index is 0.0769. The van der Waals surface area contributed by atoms with Crippen LogP contribution in [0.25, 0.3) is 0 Å². The minimum Gasteiger partial charge on any atom is -0.381 e. The van der Waals surface area contributed by atoms with Gasteiger partial charge in [0.05, 0.1) is 0 Å². The number of hydrogen-bond donors (Lipinski definition) is 1. The molecule has 0 radical (unpaired) electrons. The molecule has 1 heterocycles. The Bertz CT molecular complexity index is 409. The van der Waals surface area contributed by atoms with E-state index in [4.69, 9.17) is 4.74 Å². The highest BCUT2D eigenvalue weighted by Gasteiger charge is 2.17. The molecule has 1 N–H and O–H groups in total. The van der Waals surface area contributed by atoms with Crippen LogP contribution < -0.4 is 10.2 Å². The molecule has 1 fully saturated rings. The van der Waals surface area contributed by atoms with E-state index in [0.29, 0.717) is 18.9 Å². The van der Waals surface area contributed by atoms with Crippen LogP contribution >= 0.6 is 0 Å². The van der Waals surface area contributed by atoms with E-state index in [0.717, 1.165) is 30.8 Å². The predicted octanol–water partition coefficient (Wildman–Crippen LogP) is 2.51. The molecule has 0 spiro atoms. The van der Waals surface area contributed by atoms with Crippen molar-refractivity contribution in [1.29, 1.82) is 0 Å². The molecule has 4 nitrogen and oxygen atoms in total. The Hall–Kier alpha value is -1.55. The van der Waals surface area contributed by atoms with E-state index in [9.17, 15) is 4.79 Å². The third-order valence-electron chi connectivity index (χ3n) is 3.40. The summed E-state index contributed by atoms with van der Waals surface area (Å²) in [5.41, 5.74) is 1.98. The zero-order valence-corrected chi connectivity index (χ0v) is 11.7. The number of hydrogen-bond acceptors (Lipinski definition) is 3. The lowest BCUT2D eigenvalue weighted by molar-refractivity contribution is -0.118. The van der Waals surface area contributed by atoms with Crippen LogP contribution in [0.3, 0.4) is 0 Å². The van der Waals surface area contributed by atoms with E-state index in [1.807, 2.05) is 43.3 Å². The third-order valence-corrected chi connectivity index (χ3v) is 3.40. The Labute approximate surface area is 114 Å². The molecule has 0 saturated carbocycles. The summed E-state index contributed by atoms with van der Waals surface area (Å²) >= 11 is 0. The summed E-state index contributed by atoms with van der Waals surface area (Å²) in [6, 6.07) is 7.87. The SMILES string of the molecule is CN(C)c1ccc(NC(=O)CC2CCCOC2)cc1. The van der Waals surface area contributed by atoms with Gasteiger partial charge in [0.15, 0.2) is 0 Å². The number of nitrogens with zero attached hydrogens (tertiary/aromatic N) is 1. The molecule has 1 unspecified atom stereocenters. The maximum absolute atomic E-state index is 11.9. The summed E-state index contributed by atoms with van der Waals surface area (Å²) in [7, 11) is 3.99. The van der Waals surface area contributed by atoms with Crippen LogP contribution in [-0.2, 0) is 9.53 Å². The van der Waals surface area contributed by atoms with E-state index in [-0.39, 0.29) is 5.91 Å². The van der Waals surface area contributed by atoms with Gasteiger partial charge in [-0.1, -0.05) is 0 Å². The van der Waals surface area contributed by atoms with Crippen LogP contribution in [0.15, 0.2) is 24.3 Å². The first-order valence-electron chi connectivity index (χ1n) is 6.80. The molecule has 1 aliphatic heterocycles. The molecule has 1 aromatic rings. The molecule has 0 aliphatic carbocycles. The fraction of sp³-hybridized carbons (Fsp3) is 0.533. The summed E-state index contributed by atoms with van der Waals surface area (Å²) in [5.74, 6) is 0.447. The smallest absolute Gasteiger partial charge is 0.224 e. The average Bonchev–Trinajstić information content (AvgIpc) is 2.40. The van der Waals surface area contributed by atoms with Crippen molar-refractivity contribution in [1.82, 2.24) is 0 Å². The van der Waals surface area contributed by atoms with Gasteiger partial charge in [-0.25, -0.2) is 0 Å². The maximum atomic E-state index is 11.9. The van der Waals surface area contributed by atoms with Gasteiger partial charge in [0.25, 0.3) is 0 Å². The first kappa shape index (κ1) is 13.9. The summed E-state index contributed by atoms with van der Waals surface area (Å²) in [6.07, 6.45) is 2.71. The third kappa shape index (κ3) is 4.24. The standard InChI is InChI=1S/C15H22N2O2/c1-17(2)14-7-5-13(6-8-14)16-15(18)10-12-4-3-9-19-11-12/h5-8,12H,3-4,9-11H2,1-2H3,(H,16,18). The zero-order valence-electron chi connectivity index (χ0n) is 11.7. The number of ether oxygens (including phenoxy) is 1. The fourth-order valence-corrected chi connectivity index (χ4v) is 2.29. The van der Waals surface area contributed by atoms with E-state index >= 15 is 0 Å². The van der Waals surface area contributed by atoms with Crippen LogP contribution in [0, 0.1) is 5.92 Å². The van der Waals surface area contributed by atoms with E-state index in [2.05, 4.69) is 5.32 Å². The molecular formula is C15H22N2O2. The molecule has 4 heteroatoms. The summed E-state index contributed by atoms with van der Waals surface area (Å²) in [4.78, 5) is 14.0. The number of anilines is 2. The molecule has 19 heavy (non-hydrogen) atoms. The molecule has 0 bridgehead atoms. The number of carbonyl (C=O) groups is 1. The minimum atomic E-state index is 0.0769. The van der Waals surface area contributed by atoms with Crippen LogP contribution in [0.4, 0.5) is 11.4 Å². The van der Waals surface area contributed by atoms with Crippen molar-refractivity contribution in [2.24, 2.45) is 5.92 Å². The summed E-state index contributed by atoms with van der Waals surface area (Å²) in [5, 5.41) is 2.94. The normalized spacial score (nSPS) is 18.9. The molecule has 104 valence electrons. The zero-order chi connectivity index (χ0) is 13.7. The van der Waals surface area contributed by atoms with Gasteiger partial charge in [-0.15, -0.1) is 0 Å². The highest BCUT2D eigenvalue weighted by Crippen LogP contribution is 2.19. The Kier molecular flexibility index (Phi) is 4.80. The maximum Gasteiger partial charge on any atom is 0.224 e. The first-order chi connectivity index (χ1) is 9.15. The van der Waals surface area contributed by atoms with Crippen LogP contribution in [0.2, 0.25) is 0 Å². The molecule has 1 amide bonds. The van der Waals surface area contributed by atoms with Crippen molar-refractivity contribution in [2.45, 2.75) is 19.3 Å². The number of amides is 1. The van der Waals surface area contributed by atoms with Gasteiger partial charge in [-0.3, -0.25) is 4.79 Å². The van der Waals surface area contributed by atoms with E-state index in [1.165, 1.54) is 0 Å². The fourth-order valence-electron chi connectivity index (χ4n) is 2.29. The molecule has 2 rings (SSSR count). The van der Waals surface area contributed by atoms with Gasteiger partial charge < -0.3 is 15.0 Å². The van der Waals surface area contributed by atoms with Gasteiger partial charge in [0.1, 0.15) is 0 Å². The highest BCUT2D eigenvalue weighted by atomic mass is 16.5. The number of rotatable bonds is 4. The highest BCUT2D eigenvalue weighted by molar-refractivity contribution is 5.91. The predicted molar refractivity (Wildman–Crippen MR) is 77.6 cm³/mol. The Morgan fingerprint density at radius 3 is 2.68 bits per heavy atom. The summed E-state index contributed by atoms with van der Waals surface area (Å²) in [6.45, 7) is 1.55. The number of benzene rings is 1. The van der Waals surface area contributed by atoms with Crippen molar-refractivity contribution in [3.8, 4) is 0 Å². The van der Waals surface area contributed by atoms with Gasteiger partial charge in [-0.2, -0.15) is 0 Å². The van der Waals surface area contributed by atoms with Crippen molar-refractivity contribution in [3.63, 3.8) is 0 Å². The lowest BCUT2D eigenvalue weighted by Crippen LogP contribution is -2.23. The largest absolute Gasteiger partial charge is 0.381 e. The molecule has 1 saturated heterocycles. The van der Waals surface area contributed by atoms with Gasteiger partial charge >= 0.3 is 0 Å². The number of carbonyl (C=O) groups excluding carboxylic acids is 1. The van der Waals surface area contributed by atoms with Gasteiger partial charge in [-0.05, 0) is 43.0 Å². The molecule has 0 aromatic heterocycles. The summed E-state index contributed by atoms with van der Waals surface area (Å²) < 4.78 is 5.39. The Morgan fingerprint density at radius 1 is 1.37 bits per heavy atom. The number of nitrogens with one attached hydrogen (secondary N) is 1. The molecule has 1 aliphatic rings. The molecule has 1 atom stereocenters. The van der Waals surface area contributed by atoms with Crippen molar-refractivity contribution in [3.05, 3.63) is 24.3 Å². The first-order valence-corrected chi connectivity index (χ1v) is 6.80. The van der Waals surface area contributed by atoms with E-state index < -0.39 is 0 Å².